The van der Waals surface area contributed by atoms with E-state index in [-0.39, 0.29) is 11.7 Å². The third-order valence-corrected chi connectivity index (χ3v) is 4.86. The number of hydrogen-bond acceptors (Lipinski definition) is 2. The fourth-order valence-electron chi connectivity index (χ4n) is 3.85. The van der Waals surface area contributed by atoms with Crippen molar-refractivity contribution >= 4 is 0 Å². The van der Waals surface area contributed by atoms with Crippen LogP contribution in [0.2, 0.25) is 0 Å². The molecule has 0 bridgehead atoms. The zero-order valence-corrected chi connectivity index (χ0v) is 15.4. The van der Waals surface area contributed by atoms with Gasteiger partial charge in [0, 0.05) is 0 Å². The maximum Gasteiger partial charge on any atom is 0.0890 e. The van der Waals surface area contributed by atoms with Gasteiger partial charge in [0.2, 0.25) is 0 Å². The van der Waals surface area contributed by atoms with Gasteiger partial charge in [-0.3, -0.25) is 0 Å². The molecule has 2 nitrogen and oxygen atoms in total. The minimum Gasteiger partial charge on any atom is -0.375 e. The standard InChI is InChI=1S/C19H38O2/c1-8-11-19(7,21-15(4)5)13-20-18-12-16(6)9-10-17(18)14(2)3/h14-18H,8-13H2,1-7H3. The Kier molecular flexibility index (Phi) is 7.70. The van der Waals surface area contributed by atoms with E-state index in [1.807, 2.05) is 0 Å². The molecule has 4 unspecified atom stereocenters. The van der Waals surface area contributed by atoms with E-state index in [2.05, 4.69) is 48.5 Å². The second kappa shape index (κ2) is 8.53. The molecular weight excluding hydrogens is 260 g/mol. The summed E-state index contributed by atoms with van der Waals surface area (Å²) < 4.78 is 12.6. The molecule has 126 valence electrons. The third kappa shape index (κ3) is 6.28. The third-order valence-electron chi connectivity index (χ3n) is 4.86. The minimum atomic E-state index is -0.134. The Balaban J connectivity index is 2.62. The van der Waals surface area contributed by atoms with Gasteiger partial charge in [-0.1, -0.05) is 40.5 Å². The topological polar surface area (TPSA) is 18.5 Å². The first kappa shape index (κ1) is 19.0. The predicted octanol–water partition coefficient (Wildman–Crippen LogP) is 5.45. The van der Waals surface area contributed by atoms with Crippen molar-refractivity contribution in [2.75, 3.05) is 6.61 Å². The van der Waals surface area contributed by atoms with Crippen molar-refractivity contribution < 1.29 is 9.47 Å². The lowest BCUT2D eigenvalue weighted by Crippen LogP contribution is -2.42. The molecule has 2 heteroatoms. The molecule has 1 saturated carbocycles. The summed E-state index contributed by atoms with van der Waals surface area (Å²) in [6.07, 6.45) is 6.78. The molecule has 0 radical (unpaired) electrons. The summed E-state index contributed by atoms with van der Waals surface area (Å²) in [5.41, 5.74) is -0.134. The van der Waals surface area contributed by atoms with Crippen molar-refractivity contribution in [3.8, 4) is 0 Å². The molecule has 1 rings (SSSR count). The Morgan fingerprint density at radius 2 is 1.81 bits per heavy atom. The van der Waals surface area contributed by atoms with E-state index in [0.717, 1.165) is 25.4 Å². The van der Waals surface area contributed by atoms with Gasteiger partial charge in [0.05, 0.1) is 24.4 Å². The van der Waals surface area contributed by atoms with Gasteiger partial charge in [-0.25, -0.2) is 0 Å². The summed E-state index contributed by atoms with van der Waals surface area (Å²) in [6, 6.07) is 0. The highest BCUT2D eigenvalue weighted by Gasteiger charge is 2.34. The van der Waals surface area contributed by atoms with Crippen molar-refractivity contribution in [1.29, 1.82) is 0 Å². The summed E-state index contributed by atoms with van der Waals surface area (Å²) >= 11 is 0. The highest BCUT2D eigenvalue weighted by molar-refractivity contribution is 4.83. The Morgan fingerprint density at radius 3 is 2.33 bits per heavy atom. The highest BCUT2D eigenvalue weighted by Crippen LogP contribution is 2.36. The van der Waals surface area contributed by atoms with Gasteiger partial charge in [0.15, 0.2) is 0 Å². The van der Waals surface area contributed by atoms with E-state index in [9.17, 15) is 0 Å². The van der Waals surface area contributed by atoms with Crippen LogP contribution in [0.5, 0.6) is 0 Å². The highest BCUT2D eigenvalue weighted by atomic mass is 16.6. The second-order valence-corrected chi connectivity index (χ2v) is 8.04. The Morgan fingerprint density at radius 1 is 1.14 bits per heavy atom. The van der Waals surface area contributed by atoms with Crippen LogP contribution in [0.3, 0.4) is 0 Å². The van der Waals surface area contributed by atoms with E-state index in [1.54, 1.807) is 0 Å². The fraction of sp³-hybridized carbons (Fsp3) is 1.00. The molecular formula is C19H38O2. The van der Waals surface area contributed by atoms with Crippen LogP contribution < -0.4 is 0 Å². The predicted molar refractivity (Wildman–Crippen MR) is 90.6 cm³/mol. The normalized spacial score (nSPS) is 29.9. The average molecular weight is 299 g/mol. The lowest BCUT2D eigenvalue weighted by atomic mass is 9.75. The molecule has 4 atom stereocenters. The van der Waals surface area contributed by atoms with Gasteiger partial charge in [0.1, 0.15) is 0 Å². The maximum absolute atomic E-state index is 6.42. The van der Waals surface area contributed by atoms with Crippen molar-refractivity contribution in [2.45, 2.75) is 98.4 Å². The van der Waals surface area contributed by atoms with E-state index in [4.69, 9.17) is 9.47 Å². The van der Waals surface area contributed by atoms with Crippen LogP contribution in [0.15, 0.2) is 0 Å². The first-order valence-electron chi connectivity index (χ1n) is 9.06. The monoisotopic (exact) mass is 298 g/mol. The van der Waals surface area contributed by atoms with Crippen LogP contribution >= 0.6 is 0 Å². The van der Waals surface area contributed by atoms with Gasteiger partial charge in [-0.15, -0.1) is 0 Å². The molecule has 0 aromatic heterocycles. The van der Waals surface area contributed by atoms with Crippen molar-refractivity contribution in [1.82, 2.24) is 0 Å². The Labute approximate surface area is 133 Å². The van der Waals surface area contributed by atoms with Crippen molar-refractivity contribution in [3.05, 3.63) is 0 Å². The molecule has 0 amide bonds. The molecule has 0 heterocycles. The summed E-state index contributed by atoms with van der Waals surface area (Å²) in [4.78, 5) is 0. The molecule has 0 aromatic rings. The molecule has 0 aliphatic heterocycles. The first-order chi connectivity index (χ1) is 9.77. The van der Waals surface area contributed by atoms with Gasteiger partial charge in [-0.05, 0) is 57.8 Å². The zero-order chi connectivity index (χ0) is 16.0. The Bertz CT molecular complexity index is 287. The van der Waals surface area contributed by atoms with E-state index in [0.29, 0.717) is 17.9 Å². The first-order valence-corrected chi connectivity index (χ1v) is 9.06. The van der Waals surface area contributed by atoms with E-state index < -0.39 is 0 Å². The lowest BCUT2D eigenvalue weighted by molar-refractivity contribution is -0.147. The second-order valence-electron chi connectivity index (χ2n) is 8.04. The van der Waals surface area contributed by atoms with Crippen molar-refractivity contribution in [2.24, 2.45) is 17.8 Å². The largest absolute Gasteiger partial charge is 0.375 e. The molecule has 1 aliphatic rings. The van der Waals surface area contributed by atoms with E-state index in [1.165, 1.54) is 19.3 Å². The fourth-order valence-corrected chi connectivity index (χ4v) is 3.85. The molecule has 0 aromatic carbocycles. The van der Waals surface area contributed by atoms with Gasteiger partial charge < -0.3 is 9.47 Å². The molecule has 21 heavy (non-hydrogen) atoms. The minimum absolute atomic E-state index is 0.134. The molecule has 0 N–H and O–H groups in total. The van der Waals surface area contributed by atoms with Gasteiger partial charge in [0.25, 0.3) is 0 Å². The van der Waals surface area contributed by atoms with Crippen LogP contribution in [0, 0.1) is 17.8 Å². The van der Waals surface area contributed by atoms with Crippen LogP contribution in [0.25, 0.3) is 0 Å². The Hall–Kier alpha value is -0.0800. The maximum atomic E-state index is 6.42. The SMILES string of the molecule is CCCC(C)(COC1CC(C)CCC1C(C)C)OC(C)C. The number of rotatable bonds is 8. The number of ether oxygens (including phenoxy) is 2. The summed E-state index contributed by atoms with van der Waals surface area (Å²) in [7, 11) is 0. The van der Waals surface area contributed by atoms with Crippen LogP contribution in [-0.4, -0.2) is 24.4 Å². The van der Waals surface area contributed by atoms with Gasteiger partial charge in [-0.2, -0.15) is 0 Å². The molecule has 1 aliphatic carbocycles. The number of hydrogen-bond donors (Lipinski definition) is 0. The molecule has 0 saturated heterocycles. The van der Waals surface area contributed by atoms with Crippen LogP contribution in [0.1, 0.15) is 80.6 Å². The van der Waals surface area contributed by atoms with Crippen LogP contribution in [0.4, 0.5) is 0 Å². The zero-order valence-electron chi connectivity index (χ0n) is 15.4. The molecule has 0 spiro atoms. The lowest BCUT2D eigenvalue weighted by Gasteiger charge is -2.40. The van der Waals surface area contributed by atoms with Gasteiger partial charge >= 0.3 is 0 Å². The quantitative estimate of drug-likeness (QED) is 0.593. The molecule has 1 fully saturated rings. The van der Waals surface area contributed by atoms with Crippen molar-refractivity contribution in [3.63, 3.8) is 0 Å². The summed E-state index contributed by atoms with van der Waals surface area (Å²) in [5.74, 6) is 2.23. The van der Waals surface area contributed by atoms with Crippen LogP contribution in [-0.2, 0) is 9.47 Å². The summed E-state index contributed by atoms with van der Waals surface area (Å²) in [6.45, 7) is 16.5. The average Bonchev–Trinajstić information content (AvgIpc) is 2.35. The summed E-state index contributed by atoms with van der Waals surface area (Å²) in [5, 5.41) is 0. The smallest absolute Gasteiger partial charge is 0.0890 e. The van der Waals surface area contributed by atoms with E-state index >= 15 is 0 Å².